The van der Waals surface area contributed by atoms with E-state index in [0.29, 0.717) is 35.1 Å². The van der Waals surface area contributed by atoms with Crippen LogP contribution in [0.3, 0.4) is 0 Å². The fourth-order valence-electron chi connectivity index (χ4n) is 6.11. The van der Waals surface area contributed by atoms with Crippen LogP contribution in [0.4, 0.5) is 8.78 Å². The number of ketones is 1. The van der Waals surface area contributed by atoms with Crippen molar-refractivity contribution < 1.29 is 22.8 Å². The van der Waals surface area contributed by atoms with Crippen LogP contribution in [0.15, 0.2) is 52.9 Å². The number of pyridine rings is 1. The Morgan fingerprint density at radius 1 is 1.05 bits per heavy atom. The first-order valence-electron chi connectivity index (χ1n) is 13.1. The summed E-state index contributed by atoms with van der Waals surface area (Å²) in [6, 6.07) is 12.2. The molecule has 7 rings (SSSR count). The number of hydrogen-bond donors (Lipinski definition) is 1. The highest BCUT2D eigenvalue weighted by atomic mass is 19.1. The van der Waals surface area contributed by atoms with Gasteiger partial charge in [0.1, 0.15) is 17.4 Å². The van der Waals surface area contributed by atoms with Crippen molar-refractivity contribution in [2.45, 2.75) is 45.4 Å². The number of carbonyl (C=O) groups excluding carboxylic acids is 2. The van der Waals surface area contributed by atoms with Gasteiger partial charge >= 0.3 is 0 Å². The van der Waals surface area contributed by atoms with Gasteiger partial charge in [0.05, 0.1) is 22.2 Å². The van der Waals surface area contributed by atoms with Gasteiger partial charge in [-0.15, -0.1) is 0 Å². The SMILES string of the molecule is CCCc1nc2oc(-c3ccc(F)cc3)c(C(=O)NC)c2cc1-c1ccc(F)c(C(=O)CC23CC(C2)C3)c1. The Bertz CT molecular complexity index is 1570. The monoisotopic (exact) mass is 514 g/mol. The van der Waals surface area contributed by atoms with Gasteiger partial charge in [-0.05, 0) is 85.0 Å². The number of nitrogens with one attached hydrogen (secondary N) is 1. The van der Waals surface area contributed by atoms with Crippen LogP contribution in [0.5, 0.6) is 0 Å². The van der Waals surface area contributed by atoms with Crippen LogP contribution in [-0.4, -0.2) is 23.7 Å². The van der Waals surface area contributed by atoms with Gasteiger partial charge < -0.3 is 9.73 Å². The van der Waals surface area contributed by atoms with Crippen molar-refractivity contribution in [1.82, 2.24) is 10.3 Å². The second-order valence-electron chi connectivity index (χ2n) is 10.8. The molecule has 4 aromatic rings. The Morgan fingerprint density at radius 3 is 2.39 bits per heavy atom. The molecule has 0 aliphatic heterocycles. The Labute approximate surface area is 219 Å². The average Bonchev–Trinajstić information content (AvgIpc) is 3.23. The second-order valence-corrected chi connectivity index (χ2v) is 10.8. The summed E-state index contributed by atoms with van der Waals surface area (Å²) in [5.74, 6) is -0.413. The minimum absolute atomic E-state index is 0.0774. The molecular formula is C31H28F2N2O3. The molecule has 2 heterocycles. The van der Waals surface area contributed by atoms with Gasteiger partial charge in [0.15, 0.2) is 5.78 Å². The summed E-state index contributed by atoms with van der Waals surface area (Å²) in [6.07, 6.45) is 5.02. The van der Waals surface area contributed by atoms with E-state index < -0.39 is 11.6 Å². The van der Waals surface area contributed by atoms with Crippen molar-refractivity contribution in [3.05, 3.63) is 77.0 Å². The van der Waals surface area contributed by atoms with Crippen LogP contribution in [0, 0.1) is 23.0 Å². The smallest absolute Gasteiger partial charge is 0.255 e. The van der Waals surface area contributed by atoms with Gasteiger partial charge in [-0.3, -0.25) is 9.59 Å². The van der Waals surface area contributed by atoms with E-state index in [1.165, 1.54) is 25.2 Å². The fourth-order valence-corrected chi connectivity index (χ4v) is 6.11. The van der Waals surface area contributed by atoms with Gasteiger partial charge in [-0.1, -0.05) is 19.4 Å². The molecule has 0 spiro atoms. The number of rotatable bonds is 8. The van der Waals surface area contributed by atoms with E-state index in [1.807, 2.05) is 13.0 Å². The van der Waals surface area contributed by atoms with Crippen molar-refractivity contribution in [1.29, 1.82) is 0 Å². The summed E-state index contributed by atoms with van der Waals surface area (Å²) < 4.78 is 34.5. The zero-order chi connectivity index (χ0) is 26.6. The van der Waals surface area contributed by atoms with Crippen LogP contribution in [0.2, 0.25) is 0 Å². The molecular weight excluding hydrogens is 486 g/mol. The number of nitrogens with zero attached hydrogens (tertiary/aromatic N) is 1. The van der Waals surface area contributed by atoms with Crippen LogP contribution >= 0.6 is 0 Å². The van der Waals surface area contributed by atoms with Gasteiger partial charge in [-0.25, -0.2) is 13.8 Å². The first-order valence-corrected chi connectivity index (χ1v) is 13.1. The highest BCUT2D eigenvalue weighted by molar-refractivity contribution is 6.11. The Kier molecular flexibility index (Phi) is 5.89. The third-order valence-electron chi connectivity index (χ3n) is 8.09. The maximum atomic E-state index is 14.9. The number of carbonyl (C=O) groups is 2. The zero-order valence-electron chi connectivity index (χ0n) is 21.4. The number of aromatic nitrogens is 1. The number of fused-ring (bicyclic) bond motifs is 1. The molecule has 0 atom stereocenters. The van der Waals surface area contributed by atoms with E-state index in [4.69, 9.17) is 9.40 Å². The highest BCUT2D eigenvalue weighted by Crippen LogP contribution is 2.66. The third kappa shape index (κ3) is 4.01. The Morgan fingerprint density at radius 2 is 1.76 bits per heavy atom. The predicted octanol–water partition coefficient (Wildman–Crippen LogP) is 7.13. The molecule has 3 aliphatic rings. The van der Waals surface area contributed by atoms with Gasteiger partial charge in [0.2, 0.25) is 5.71 Å². The lowest BCUT2D eigenvalue weighted by molar-refractivity contribution is -0.103. The second kappa shape index (κ2) is 9.15. The maximum Gasteiger partial charge on any atom is 0.255 e. The molecule has 3 aliphatic carbocycles. The summed E-state index contributed by atoms with van der Waals surface area (Å²) >= 11 is 0. The number of amides is 1. The Balaban J connectivity index is 1.48. The summed E-state index contributed by atoms with van der Waals surface area (Å²) in [6.45, 7) is 2.03. The molecule has 1 N–H and O–H groups in total. The summed E-state index contributed by atoms with van der Waals surface area (Å²) in [7, 11) is 1.53. The molecule has 5 nitrogen and oxygen atoms in total. The first kappa shape index (κ1) is 24.5. The van der Waals surface area contributed by atoms with E-state index >= 15 is 0 Å². The number of benzene rings is 2. The Hall–Kier alpha value is -3.87. The standard InChI is InChI=1S/C31H28F2N2O3/c1-3-4-25-21(19-7-10-24(33)22(11-19)26(36)16-31-13-17(14-31)15-31)12-23-27(29(37)34-2)28(38-30(23)35-25)18-5-8-20(32)9-6-18/h5-12,17H,3-4,13-16H2,1-2H3,(H,34,37). The normalized spacial score (nSPS) is 19.6. The fraction of sp³-hybridized carbons (Fsp3) is 0.323. The van der Waals surface area contributed by atoms with Gasteiger partial charge in [0, 0.05) is 24.6 Å². The molecule has 38 heavy (non-hydrogen) atoms. The number of Topliss-reactive ketones (excluding diaryl/α,β-unsaturated/α-hetero) is 1. The van der Waals surface area contributed by atoms with E-state index in [1.54, 1.807) is 24.3 Å². The lowest BCUT2D eigenvalue weighted by atomic mass is 9.43. The molecule has 1 amide bonds. The van der Waals surface area contributed by atoms with Crippen molar-refractivity contribution in [3.8, 4) is 22.5 Å². The van der Waals surface area contributed by atoms with Crippen molar-refractivity contribution in [3.63, 3.8) is 0 Å². The summed E-state index contributed by atoms with van der Waals surface area (Å²) in [5.41, 5.74) is 3.41. The van der Waals surface area contributed by atoms with Crippen molar-refractivity contribution >= 4 is 22.8 Å². The zero-order valence-corrected chi connectivity index (χ0v) is 21.4. The summed E-state index contributed by atoms with van der Waals surface area (Å²) in [4.78, 5) is 30.9. The van der Waals surface area contributed by atoms with E-state index in [2.05, 4.69) is 5.32 Å². The van der Waals surface area contributed by atoms with Crippen molar-refractivity contribution in [2.75, 3.05) is 7.05 Å². The molecule has 0 unspecified atom stereocenters. The molecule has 3 saturated carbocycles. The lowest BCUT2D eigenvalue weighted by Gasteiger charge is -2.62. The number of aryl methyl sites for hydroxylation is 1. The van der Waals surface area contributed by atoms with Crippen LogP contribution in [0.25, 0.3) is 33.6 Å². The summed E-state index contributed by atoms with van der Waals surface area (Å²) in [5, 5.41) is 3.14. The molecule has 0 saturated heterocycles. The van der Waals surface area contributed by atoms with E-state index in [0.717, 1.165) is 42.9 Å². The predicted molar refractivity (Wildman–Crippen MR) is 141 cm³/mol. The number of halogens is 2. The van der Waals surface area contributed by atoms with E-state index in [-0.39, 0.29) is 33.9 Å². The molecule has 0 radical (unpaired) electrons. The van der Waals surface area contributed by atoms with Crippen molar-refractivity contribution in [2.24, 2.45) is 11.3 Å². The first-order chi connectivity index (χ1) is 18.3. The minimum Gasteiger partial charge on any atom is -0.437 e. The number of hydrogen-bond acceptors (Lipinski definition) is 4. The highest BCUT2D eigenvalue weighted by Gasteiger charge is 2.57. The molecule has 194 valence electrons. The topological polar surface area (TPSA) is 72.2 Å². The quantitative estimate of drug-likeness (QED) is 0.254. The van der Waals surface area contributed by atoms with E-state index in [9.17, 15) is 18.4 Å². The van der Waals surface area contributed by atoms with Crippen LogP contribution in [0.1, 0.15) is 65.4 Å². The van der Waals surface area contributed by atoms with Gasteiger partial charge in [0.25, 0.3) is 5.91 Å². The molecule has 2 bridgehead atoms. The van der Waals surface area contributed by atoms with Crippen LogP contribution < -0.4 is 5.32 Å². The average molecular weight is 515 g/mol. The largest absolute Gasteiger partial charge is 0.437 e. The maximum absolute atomic E-state index is 14.9. The third-order valence-corrected chi connectivity index (χ3v) is 8.09. The number of furan rings is 1. The van der Waals surface area contributed by atoms with Crippen LogP contribution in [-0.2, 0) is 6.42 Å². The minimum atomic E-state index is -0.524. The molecule has 7 heteroatoms. The molecule has 3 fully saturated rings. The lowest BCUT2D eigenvalue weighted by Crippen LogP contribution is -2.52. The molecule has 2 aromatic carbocycles. The van der Waals surface area contributed by atoms with Gasteiger partial charge in [-0.2, -0.15) is 0 Å². The molecule has 2 aromatic heterocycles.